The molecule has 0 unspecified atom stereocenters. The zero-order valence-electron chi connectivity index (χ0n) is 14.5. The van der Waals surface area contributed by atoms with Crippen molar-refractivity contribution in [2.75, 3.05) is 33.4 Å². The van der Waals surface area contributed by atoms with Crippen molar-refractivity contribution in [1.29, 1.82) is 0 Å². The molecule has 1 N–H and O–H groups in total. The molecule has 1 aliphatic heterocycles. The van der Waals surface area contributed by atoms with Crippen LogP contribution in [-0.2, 0) is 4.74 Å². The zero-order valence-corrected chi connectivity index (χ0v) is 14.5. The molecular weight excluding hydrogens is 306 g/mol. The zero-order chi connectivity index (χ0) is 16.8. The van der Waals surface area contributed by atoms with Crippen LogP contribution in [0.1, 0.15) is 32.1 Å². The summed E-state index contributed by atoms with van der Waals surface area (Å²) in [6.07, 6.45) is 5.87. The molecule has 3 rings (SSSR count). The van der Waals surface area contributed by atoms with Crippen molar-refractivity contribution in [2.45, 2.75) is 50.4 Å². The van der Waals surface area contributed by atoms with E-state index in [-0.39, 0.29) is 6.10 Å². The largest absolute Gasteiger partial charge is 0.486 e. The van der Waals surface area contributed by atoms with Crippen LogP contribution in [-0.4, -0.2) is 61.7 Å². The number of aliphatic hydroxyl groups is 1. The highest BCUT2D eigenvalue weighted by Gasteiger charge is 2.22. The maximum Gasteiger partial charge on any atom is 0.161 e. The van der Waals surface area contributed by atoms with Gasteiger partial charge in [0.15, 0.2) is 17.6 Å². The molecular formula is C19H29NO4. The van der Waals surface area contributed by atoms with Crippen LogP contribution in [0.25, 0.3) is 0 Å². The second kappa shape index (κ2) is 8.70. The van der Waals surface area contributed by atoms with Gasteiger partial charge in [0, 0.05) is 12.6 Å². The fraction of sp³-hybridized carbons (Fsp3) is 0.684. The molecule has 24 heavy (non-hydrogen) atoms. The molecule has 0 bridgehead atoms. The molecule has 2 atom stereocenters. The third kappa shape index (κ3) is 4.85. The molecule has 0 saturated heterocycles. The van der Waals surface area contributed by atoms with Crippen LogP contribution in [0.4, 0.5) is 0 Å². The summed E-state index contributed by atoms with van der Waals surface area (Å²) in [6.45, 7) is 1.90. The van der Waals surface area contributed by atoms with Crippen LogP contribution < -0.4 is 9.47 Å². The van der Waals surface area contributed by atoms with Crippen LogP contribution in [0.2, 0.25) is 0 Å². The van der Waals surface area contributed by atoms with Crippen molar-refractivity contribution in [1.82, 2.24) is 4.90 Å². The van der Waals surface area contributed by atoms with E-state index in [2.05, 4.69) is 11.9 Å². The summed E-state index contributed by atoms with van der Waals surface area (Å²) in [5.74, 6) is 1.54. The van der Waals surface area contributed by atoms with Gasteiger partial charge in [0.2, 0.25) is 0 Å². The van der Waals surface area contributed by atoms with E-state index in [9.17, 15) is 5.11 Å². The average molecular weight is 335 g/mol. The lowest BCUT2D eigenvalue weighted by Crippen LogP contribution is -2.41. The highest BCUT2D eigenvalue weighted by Crippen LogP contribution is 2.30. The summed E-state index contributed by atoms with van der Waals surface area (Å²) in [5, 5.41) is 10.2. The van der Waals surface area contributed by atoms with Crippen molar-refractivity contribution >= 4 is 0 Å². The Labute approximate surface area is 144 Å². The van der Waals surface area contributed by atoms with Gasteiger partial charge in [0.05, 0.1) is 19.3 Å². The molecule has 1 heterocycles. The number of para-hydroxylation sites is 2. The van der Waals surface area contributed by atoms with Crippen molar-refractivity contribution in [2.24, 2.45) is 0 Å². The molecule has 1 aromatic rings. The topological polar surface area (TPSA) is 51.2 Å². The summed E-state index contributed by atoms with van der Waals surface area (Å²) in [5.41, 5.74) is 0. The van der Waals surface area contributed by atoms with Crippen molar-refractivity contribution in [3.05, 3.63) is 24.3 Å². The SMILES string of the molecule is CN(C[C@@H](O)COC[C@@H]1COc2ccccc2O1)C1CCCCC1. The van der Waals surface area contributed by atoms with E-state index < -0.39 is 6.10 Å². The number of nitrogens with zero attached hydrogens (tertiary/aromatic N) is 1. The number of rotatable bonds is 7. The first-order valence-electron chi connectivity index (χ1n) is 9.07. The Morgan fingerprint density at radius 1 is 1.21 bits per heavy atom. The van der Waals surface area contributed by atoms with Gasteiger partial charge in [-0.25, -0.2) is 0 Å². The van der Waals surface area contributed by atoms with Crippen LogP contribution >= 0.6 is 0 Å². The molecule has 1 saturated carbocycles. The standard InChI is InChI=1S/C19H29NO4/c1-20(15-7-3-2-4-8-15)11-16(21)12-22-13-17-14-23-18-9-5-6-10-19(18)24-17/h5-6,9-10,15-17,21H,2-4,7-8,11-14H2,1H3/t16-,17-/m1/s1. The van der Waals surface area contributed by atoms with E-state index in [4.69, 9.17) is 14.2 Å². The van der Waals surface area contributed by atoms with Crippen molar-refractivity contribution < 1.29 is 19.3 Å². The maximum absolute atomic E-state index is 10.2. The molecule has 5 heteroatoms. The lowest BCUT2D eigenvalue weighted by Gasteiger charge is -2.32. The second-order valence-corrected chi connectivity index (χ2v) is 6.92. The molecule has 5 nitrogen and oxygen atoms in total. The third-order valence-corrected chi connectivity index (χ3v) is 4.88. The molecule has 1 aliphatic carbocycles. The van der Waals surface area contributed by atoms with E-state index in [1.165, 1.54) is 32.1 Å². The van der Waals surface area contributed by atoms with Crippen LogP contribution in [0, 0.1) is 0 Å². The minimum Gasteiger partial charge on any atom is -0.486 e. The first kappa shape index (κ1) is 17.5. The van der Waals surface area contributed by atoms with Crippen LogP contribution in [0.15, 0.2) is 24.3 Å². The van der Waals surface area contributed by atoms with Crippen LogP contribution in [0.5, 0.6) is 11.5 Å². The van der Waals surface area contributed by atoms with Gasteiger partial charge in [-0.2, -0.15) is 0 Å². The highest BCUT2D eigenvalue weighted by molar-refractivity contribution is 5.40. The van der Waals surface area contributed by atoms with Gasteiger partial charge >= 0.3 is 0 Å². The molecule has 134 valence electrons. The quantitative estimate of drug-likeness (QED) is 0.829. The molecule has 2 aliphatic rings. The van der Waals surface area contributed by atoms with Gasteiger partial charge in [0.25, 0.3) is 0 Å². The predicted molar refractivity (Wildman–Crippen MR) is 92.7 cm³/mol. The van der Waals surface area contributed by atoms with Gasteiger partial charge in [0.1, 0.15) is 6.61 Å². The van der Waals surface area contributed by atoms with E-state index in [1.54, 1.807) is 0 Å². The highest BCUT2D eigenvalue weighted by atomic mass is 16.6. The lowest BCUT2D eigenvalue weighted by molar-refractivity contribution is -0.0308. The van der Waals surface area contributed by atoms with E-state index in [1.807, 2.05) is 24.3 Å². The summed E-state index contributed by atoms with van der Waals surface area (Å²) in [4.78, 5) is 2.28. The summed E-state index contributed by atoms with van der Waals surface area (Å²) in [7, 11) is 2.11. The first-order valence-corrected chi connectivity index (χ1v) is 9.07. The van der Waals surface area contributed by atoms with E-state index in [0.717, 1.165) is 11.5 Å². The van der Waals surface area contributed by atoms with Gasteiger partial charge in [-0.1, -0.05) is 31.4 Å². The number of ether oxygens (including phenoxy) is 3. The summed E-state index contributed by atoms with van der Waals surface area (Å²) in [6, 6.07) is 8.27. The number of likely N-dealkylation sites (N-methyl/N-ethyl adjacent to an activating group) is 1. The maximum atomic E-state index is 10.2. The average Bonchev–Trinajstić information content (AvgIpc) is 2.62. The van der Waals surface area contributed by atoms with Gasteiger partial charge in [-0.3, -0.25) is 0 Å². The normalized spacial score (nSPS) is 22.5. The molecule has 0 aromatic heterocycles. The van der Waals surface area contributed by atoms with Crippen LogP contribution in [0.3, 0.4) is 0 Å². The molecule has 1 fully saturated rings. The Hall–Kier alpha value is -1.30. The Kier molecular flexibility index (Phi) is 6.35. The van der Waals surface area contributed by atoms with Gasteiger partial charge in [-0.05, 0) is 32.0 Å². The first-order chi connectivity index (χ1) is 11.7. The molecule has 0 amide bonds. The fourth-order valence-corrected chi connectivity index (χ4v) is 3.54. The summed E-state index contributed by atoms with van der Waals surface area (Å²) >= 11 is 0. The molecule has 1 aromatic carbocycles. The second-order valence-electron chi connectivity index (χ2n) is 6.92. The van der Waals surface area contributed by atoms with Crippen molar-refractivity contribution in [3.63, 3.8) is 0 Å². The lowest BCUT2D eigenvalue weighted by atomic mass is 9.94. The Morgan fingerprint density at radius 2 is 1.96 bits per heavy atom. The van der Waals surface area contributed by atoms with Gasteiger partial charge in [-0.15, -0.1) is 0 Å². The number of hydrogen-bond donors (Lipinski definition) is 1. The molecule has 0 spiro atoms. The summed E-state index contributed by atoms with van der Waals surface area (Å²) < 4.78 is 17.2. The number of hydrogen-bond acceptors (Lipinski definition) is 5. The number of fused-ring (bicyclic) bond motifs is 1. The monoisotopic (exact) mass is 335 g/mol. The van der Waals surface area contributed by atoms with E-state index in [0.29, 0.717) is 32.4 Å². The van der Waals surface area contributed by atoms with Crippen molar-refractivity contribution in [3.8, 4) is 11.5 Å². The minimum absolute atomic E-state index is 0.122. The van der Waals surface area contributed by atoms with E-state index >= 15 is 0 Å². The number of benzene rings is 1. The number of aliphatic hydroxyl groups excluding tert-OH is 1. The molecule has 0 radical (unpaired) electrons. The Bertz CT molecular complexity index is 504. The van der Waals surface area contributed by atoms with Gasteiger partial charge < -0.3 is 24.2 Å². The Balaban J connectivity index is 1.34. The fourth-order valence-electron chi connectivity index (χ4n) is 3.54. The minimum atomic E-state index is -0.464. The predicted octanol–water partition coefficient (Wildman–Crippen LogP) is 2.47. The third-order valence-electron chi connectivity index (χ3n) is 4.88. The Morgan fingerprint density at radius 3 is 2.75 bits per heavy atom. The smallest absolute Gasteiger partial charge is 0.161 e.